The molecule has 1 amide bonds. The number of hydrogen-bond acceptors (Lipinski definition) is 2. The number of nitrogens with zero attached hydrogens (tertiary/aromatic N) is 1. The molecule has 1 saturated heterocycles. The van der Waals surface area contributed by atoms with Gasteiger partial charge < -0.3 is 10.0 Å². The van der Waals surface area contributed by atoms with Gasteiger partial charge in [-0.2, -0.15) is 0 Å². The summed E-state index contributed by atoms with van der Waals surface area (Å²) >= 11 is 3.44. The predicted octanol–water partition coefficient (Wildman–Crippen LogP) is 3.52. The second kappa shape index (κ2) is 5.73. The monoisotopic (exact) mass is 351 g/mol. The summed E-state index contributed by atoms with van der Waals surface area (Å²) in [4.78, 5) is 14.7. The highest BCUT2D eigenvalue weighted by molar-refractivity contribution is 9.10. The number of aliphatic hydroxyl groups is 1. The minimum Gasteiger partial charge on any atom is -0.389 e. The highest BCUT2D eigenvalue weighted by atomic mass is 79.9. The van der Waals surface area contributed by atoms with E-state index in [-0.39, 0.29) is 11.8 Å². The number of amides is 1. The topological polar surface area (TPSA) is 40.5 Å². The Morgan fingerprint density at radius 1 is 1.38 bits per heavy atom. The van der Waals surface area contributed by atoms with Gasteiger partial charge in [0.05, 0.1) is 5.60 Å². The Morgan fingerprint density at radius 2 is 2.19 bits per heavy atom. The van der Waals surface area contributed by atoms with Crippen molar-refractivity contribution < 1.29 is 9.90 Å². The first-order valence-electron chi connectivity index (χ1n) is 7.77. The Kier molecular flexibility index (Phi) is 4.10. The van der Waals surface area contributed by atoms with E-state index in [2.05, 4.69) is 15.9 Å². The molecule has 0 radical (unpaired) electrons. The van der Waals surface area contributed by atoms with E-state index >= 15 is 0 Å². The molecule has 1 heterocycles. The van der Waals surface area contributed by atoms with Gasteiger partial charge in [0.2, 0.25) is 0 Å². The largest absolute Gasteiger partial charge is 0.389 e. The SMILES string of the molecule is Cc1cc(Br)ccc1C(=O)N1CCC2(O)CCCCC2C1. The zero-order valence-electron chi connectivity index (χ0n) is 12.4. The molecular weight excluding hydrogens is 330 g/mol. The van der Waals surface area contributed by atoms with Gasteiger partial charge in [0.1, 0.15) is 0 Å². The van der Waals surface area contributed by atoms with Crippen LogP contribution in [-0.4, -0.2) is 34.6 Å². The van der Waals surface area contributed by atoms with Crippen molar-refractivity contribution >= 4 is 21.8 Å². The van der Waals surface area contributed by atoms with Crippen molar-refractivity contribution in [3.63, 3.8) is 0 Å². The number of halogens is 1. The van der Waals surface area contributed by atoms with Crippen molar-refractivity contribution in [3.8, 4) is 0 Å². The van der Waals surface area contributed by atoms with Crippen LogP contribution in [0, 0.1) is 12.8 Å². The van der Waals surface area contributed by atoms with Crippen molar-refractivity contribution in [2.75, 3.05) is 13.1 Å². The number of fused-ring (bicyclic) bond motifs is 1. The van der Waals surface area contributed by atoms with Crippen molar-refractivity contribution in [2.24, 2.45) is 5.92 Å². The molecule has 1 aromatic rings. The molecule has 3 rings (SSSR count). The summed E-state index contributed by atoms with van der Waals surface area (Å²) in [5.74, 6) is 0.354. The van der Waals surface area contributed by atoms with Crippen LogP contribution in [0.1, 0.15) is 48.0 Å². The van der Waals surface area contributed by atoms with Crippen molar-refractivity contribution in [1.82, 2.24) is 4.90 Å². The third-order valence-corrected chi connectivity index (χ3v) is 5.63. The lowest BCUT2D eigenvalue weighted by molar-refractivity contribution is -0.0886. The highest BCUT2D eigenvalue weighted by Gasteiger charge is 2.43. The molecule has 0 bridgehead atoms. The number of likely N-dealkylation sites (tertiary alicyclic amines) is 1. The number of carbonyl (C=O) groups is 1. The van der Waals surface area contributed by atoms with Crippen LogP contribution in [0.4, 0.5) is 0 Å². The van der Waals surface area contributed by atoms with Gasteiger partial charge in [-0.3, -0.25) is 4.79 Å². The Labute approximate surface area is 134 Å². The molecular formula is C17H22BrNO2. The van der Waals surface area contributed by atoms with Gasteiger partial charge in [-0.05, 0) is 49.9 Å². The second-order valence-corrected chi connectivity index (χ2v) is 7.42. The van der Waals surface area contributed by atoms with Crippen LogP contribution in [-0.2, 0) is 0 Å². The maximum Gasteiger partial charge on any atom is 0.254 e. The molecule has 3 nitrogen and oxygen atoms in total. The van der Waals surface area contributed by atoms with Gasteiger partial charge in [0.15, 0.2) is 0 Å². The summed E-state index contributed by atoms with van der Waals surface area (Å²) in [6.07, 6.45) is 4.95. The van der Waals surface area contributed by atoms with E-state index in [1.54, 1.807) is 0 Å². The second-order valence-electron chi connectivity index (χ2n) is 6.51. The van der Waals surface area contributed by atoms with E-state index in [9.17, 15) is 9.90 Å². The van der Waals surface area contributed by atoms with Gasteiger partial charge in [0, 0.05) is 29.0 Å². The van der Waals surface area contributed by atoms with Crippen LogP contribution >= 0.6 is 15.9 Å². The number of aryl methyl sites for hydroxylation is 1. The molecule has 1 saturated carbocycles. The van der Waals surface area contributed by atoms with Crippen LogP contribution < -0.4 is 0 Å². The van der Waals surface area contributed by atoms with Gasteiger partial charge in [-0.1, -0.05) is 28.8 Å². The Morgan fingerprint density at radius 3 is 2.95 bits per heavy atom. The molecule has 2 fully saturated rings. The maximum absolute atomic E-state index is 12.7. The van der Waals surface area contributed by atoms with Crippen molar-refractivity contribution in [2.45, 2.75) is 44.6 Å². The average Bonchev–Trinajstić information content (AvgIpc) is 2.45. The fourth-order valence-corrected chi connectivity index (χ4v) is 4.27. The van der Waals surface area contributed by atoms with Crippen molar-refractivity contribution in [1.29, 1.82) is 0 Å². The zero-order chi connectivity index (χ0) is 15.0. The van der Waals surface area contributed by atoms with E-state index < -0.39 is 5.60 Å². The van der Waals surface area contributed by atoms with Crippen LogP contribution in [0.5, 0.6) is 0 Å². The lowest BCUT2D eigenvalue weighted by atomic mass is 9.71. The Balaban J connectivity index is 1.77. The van der Waals surface area contributed by atoms with Crippen LogP contribution in [0.2, 0.25) is 0 Å². The summed E-state index contributed by atoms with van der Waals surface area (Å²) in [6.45, 7) is 3.34. The van der Waals surface area contributed by atoms with Gasteiger partial charge in [-0.15, -0.1) is 0 Å². The molecule has 1 aliphatic carbocycles. The van der Waals surface area contributed by atoms with Crippen LogP contribution in [0.3, 0.4) is 0 Å². The minimum atomic E-state index is -0.524. The summed E-state index contributed by atoms with van der Waals surface area (Å²) in [5, 5.41) is 10.7. The van der Waals surface area contributed by atoms with Gasteiger partial charge in [-0.25, -0.2) is 0 Å². The number of hydrogen-bond donors (Lipinski definition) is 1. The minimum absolute atomic E-state index is 0.104. The fraction of sp³-hybridized carbons (Fsp3) is 0.588. The molecule has 2 aliphatic rings. The number of benzene rings is 1. The van der Waals surface area contributed by atoms with E-state index in [1.165, 1.54) is 6.42 Å². The molecule has 4 heteroatoms. The number of rotatable bonds is 1. The lowest BCUT2D eigenvalue weighted by Crippen LogP contribution is -2.54. The standard InChI is InChI=1S/C17H22BrNO2/c1-12-10-14(18)5-6-15(12)16(20)19-9-8-17(21)7-3-2-4-13(17)11-19/h5-6,10,13,21H,2-4,7-9,11H2,1H3. The summed E-state index contributed by atoms with van der Waals surface area (Å²) in [7, 11) is 0. The van der Waals surface area contributed by atoms with E-state index in [4.69, 9.17) is 0 Å². The first-order valence-corrected chi connectivity index (χ1v) is 8.57. The molecule has 1 aromatic carbocycles. The summed E-state index contributed by atoms with van der Waals surface area (Å²) in [5.41, 5.74) is 1.25. The van der Waals surface area contributed by atoms with Crippen molar-refractivity contribution in [3.05, 3.63) is 33.8 Å². The third kappa shape index (κ3) is 2.88. The smallest absolute Gasteiger partial charge is 0.254 e. The van der Waals surface area contributed by atoms with E-state index in [0.717, 1.165) is 41.3 Å². The maximum atomic E-state index is 12.7. The average molecular weight is 352 g/mol. The van der Waals surface area contributed by atoms with E-state index in [1.807, 2.05) is 30.0 Å². The molecule has 2 atom stereocenters. The first kappa shape index (κ1) is 15.0. The number of carbonyl (C=O) groups excluding carboxylic acids is 1. The van der Waals surface area contributed by atoms with Crippen LogP contribution in [0.15, 0.2) is 22.7 Å². The molecule has 2 unspecified atom stereocenters. The molecule has 0 aromatic heterocycles. The fourth-order valence-electron chi connectivity index (χ4n) is 3.79. The summed E-state index contributed by atoms with van der Waals surface area (Å²) < 4.78 is 0.997. The third-order valence-electron chi connectivity index (χ3n) is 5.13. The molecule has 1 N–H and O–H groups in total. The van der Waals surface area contributed by atoms with Crippen LogP contribution in [0.25, 0.3) is 0 Å². The van der Waals surface area contributed by atoms with E-state index in [0.29, 0.717) is 13.1 Å². The highest BCUT2D eigenvalue weighted by Crippen LogP contribution is 2.40. The first-order chi connectivity index (χ1) is 9.99. The predicted molar refractivity (Wildman–Crippen MR) is 86.3 cm³/mol. The Bertz CT molecular complexity index is 560. The van der Waals surface area contributed by atoms with Gasteiger partial charge in [0.25, 0.3) is 5.91 Å². The molecule has 21 heavy (non-hydrogen) atoms. The quantitative estimate of drug-likeness (QED) is 0.840. The Hall–Kier alpha value is -0.870. The molecule has 0 spiro atoms. The van der Waals surface area contributed by atoms with Gasteiger partial charge >= 0.3 is 0 Å². The summed E-state index contributed by atoms with van der Waals surface area (Å²) in [6, 6.07) is 5.79. The molecule has 1 aliphatic heterocycles. The molecule has 114 valence electrons. The lowest BCUT2D eigenvalue weighted by Gasteiger charge is -2.47. The number of piperidine rings is 1. The normalized spacial score (nSPS) is 29.1. The zero-order valence-corrected chi connectivity index (χ0v) is 14.0.